The van der Waals surface area contributed by atoms with Gasteiger partial charge in [-0.25, -0.2) is 8.42 Å². The van der Waals surface area contributed by atoms with Crippen molar-refractivity contribution >= 4 is 33.2 Å². The molecule has 0 saturated carbocycles. The van der Waals surface area contributed by atoms with Crippen LogP contribution in [0.1, 0.15) is 46.3 Å². The summed E-state index contributed by atoms with van der Waals surface area (Å²) in [6, 6.07) is 15.4. The molecule has 0 saturated heterocycles. The van der Waals surface area contributed by atoms with Gasteiger partial charge in [0.15, 0.2) is 0 Å². The van der Waals surface area contributed by atoms with Crippen LogP contribution in [0.15, 0.2) is 59.5 Å². The molecule has 0 aliphatic rings. The smallest absolute Gasteiger partial charge is 0.264 e. The van der Waals surface area contributed by atoms with E-state index in [0.29, 0.717) is 10.7 Å². The Morgan fingerprint density at radius 1 is 0.882 bits per heavy atom. The number of rotatable bonds is 7. The molecule has 0 radical (unpaired) electrons. The second-order valence-electron chi connectivity index (χ2n) is 8.84. The van der Waals surface area contributed by atoms with Gasteiger partial charge in [-0.15, -0.1) is 0 Å². The van der Waals surface area contributed by atoms with Crippen LogP contribution in [0.3, 0.4) is 0 Å². The van der Waals surface area contributed by atoms with E-state index in [4.69, 9.17) is 11.6 Å². The van der Waals surface area contributed by atoms with E-state index in [1.807, 2.05) is 34.6 Å². The van der Waals surface area contributed by atoms with Gasteiger partial charge in [0.2, 0.25) is 5.91 Å². The molecule has 180 valence electrons. The number of anilines is 1. The van der Waals surface area contributed by atoms with Crippen molar-refractivity contribution in [1.82, 2.24) is 5.32 Å². The van der Waals surface area contributed by atoms with Crippen molar-refractivity contribution in [3.8, 4) is 0 Å². The van der Waals surface area contributed by atoms with Crippen LogP contribution < -0.4 is 9.62 Å². The molecule has 1 amide bonds. The van der Waals surface area contributed by atoms with Gasteiger partial charge in [0.1, 0.15) is 6.54 Å². The summed E-state index contributed by atoms with van der Waals surface area (Å²) in [5, 5.41) is 3.40. The van der Waals surface area contributed by atoms with Gasteiger partial charge in [0.05, 0.1) is 16.6 Å². The lowest BCUT2D eigenvalue weighted by molar-refractivity contribution is -0.120. The van der Waals surface area contributed by atoms with Crippen molar-refractivity contribution in [2.24, 2.45) is 0 Å². The van der Waals surface area contributed by atoms with Crippen molar-refractivity contribution in [1.29, 1.82) is 0 Å². The quantitative estimate of drug-likeness (QED) is 0.437. The van der Waals surface area contributed by atoms with Crippen molar-refractivity contribution in [3.63, 3.8) is 0 Å². The van der Waals surface area contributed by atoms with Crippen molar-refractivity contribution in [2.45, 2.75) is 52.5 Å². The maximum absolute atomic E-state index is 13.6. The molecule has 0 aromatic heterocycles. The molecule has 0 aliphatic carbocycles. The van der Waals surface area contributed by atoms with Crippen LogP contribution in [0.5, 0.6) is 0 Å². The number of hydrogen-bond acceptors (Lipinski definition) is 3. The van der Waals surface area contributed by atoms with Crippen LogP contribution >= 0.6 is 11.6 Å². The average Bonchev–Trinajstić information content (AvgIpc) is 2.76. The topological polar surface area (TPSA) is 66.5 Å². The van der Waals surface area contributed by atoms with Crippen molar-refractivity contribution in [3.05, 3.63) is 93.0 Å². The maximum atomic E-state index is 13.6. The van der Waals surface area contributed by atoms with Gasteiger partial charge in [-0.05, 0) is 93.6 Å². The van der Waals surface area contributed by atoms with Crippen LogP contribution in [0.2, 0.25) is 5.02 Å². The van der Waals surface area contributed by atoms with E-state index in [9.17, 15) is 13.2 Å². The van der Waals surface area contributed by atoms with Crippen LogP contribution in [0.4, 0.5) is 5.69 Å². The summed E-state index contributed by atoms with van der Waals surface area (Å²) in [6.45, 7) is 11.3. The summed E-state index contributed by atoms with van der Waals surface area (Å²) >= 11 is 6.30. The predicted octanol–water partition coefficient (Wildman–Crippen LogP) is 5.95. The highest BCUT2D eigenvalue weighted by atomic mass is 35.5. The third-order valence-electron chi connectivity index (χ3n) is 6.07. The zero-order chi connectivity index (χ0) is 25.2. The number of amides is 1. The summed E-state index contributed by atoms with van der Waals surface area (Å²) in [6.07, 6.45) is 0. The Bertz CT molecular complexity index is 1320. The molecule has 0 fully saturated rings. The normalized spacial score (nSPS) is 12.3. The fraction of sp³-hybridized carbons (Fsp3) is 0.296. The molecule has 3 aromatic rings. The number of nitrogens with one attached hydrogen (secondary N) is 1. The van der Waals surface area contributed by atoms with E-state index in [1.165, 1.54) is 5.56 Å². The predicted molar refractivity (Wildman–Crippen MR) is 139 cm³/mol. The van der Waals surface area contributed by atoms with Crippen LogP contribution in [0, 0.1) is 34.6 Å². The lowest BCUT2D eigenvalue weighted by Gasteiger charge is -2.26. The highest BCUT2D eigenvalue weighted by Crippen LogP contribution is 2.28. The molecular weight excluding hydrogens is 468 g/mol. The summed E-state index contributed by atoms with van der Waals surface area (Å²) in [5.41, 5.74) is 6.50. The number of aryl methyl sites for hydroxylation is 5. The molecule has 0 aliphatic heterocycles. The fourth-order valence-corrected chi connectivity index (χ4v) is 5.42. The van der Waals surface area contributed by atoms with E-state index >= 15 is 0 Å². The Labute approximate surface area is 207 Å². The van der Waals surface area contributed by atoms with E-state index in [0.717, 1.165) is 32.1 Å². The Morgan fingerprint density at radius 2 is 1.50 bits per heavy atom. The van der Waals surface area contributed by atoms with E-state index in [2.05, 4.69) is 24.4 Å². The van der Waals surface area contributed by atoms with Gasteiger partial charge in [-0.3, -0.25) is 9.10 Å². The molecule has 0 bridgehead atoms. The SMILES string of the molecule is Cc1ccc(S(=O)(=O)N(CC(=O)N[C@H](C)c2cc(C)c(C)cc2C)c2ccc(C)c(Cl)c2)cc1. The lowest BCUT2D eigenvalue weighted by Crippen LogP contribution is -2.41. The standard InChI is InChI=1S/C27H31ClN2O3S/c1-17-7-11-24(12-8-17)34(32,33)30(23-10-9-18(2)26(28)15-23)16-27(31)29-22(6)25-14-20(4)19(3)13-21(25)5/h7-15,22H,16H2,1-6H3,(H,29,31)/t22-/m1/s1. The Hall–Kier alpha value is -2.83. The van der Waals surface area contributed by atoms with E-state index in [-0.39, 0.29) is 17.5 Å². The van der Waals surface area contributed by atoms with Crippen LogP contribution in [-0.2, 0) is 14.8 Å². The minimum absolute atomic E-state index is 0.112. The molecule has 3 rings (SSSR count). The number of halogens is 1. The Kier molecular flexibility index (Phi) is 7.74. The van der Waals surface area contributed by atoms with Crippen LogP contribution in [0.25, 0.3) is 0 Å². The van der Waals surface area contributed by atoms with Gasteiger partial charge >= 0.3 is 0 Å². The first kappa shape index (κ1) is 25.8. The number of benzene rings is 3. The third-order valence-corrected chi connectivity index (χ3v) is 8.26. The highest BCUT2D eigenvalue weighted by Gasteiger charge is 2.28. The van der Waals surface area contributed by atoms with Gasteiger partial charge in [-0.1, -0.05) is 47.5 Å². The summed E-state index contributed by atoms with van der Waals surface area (Å²) in [4.78, 5) is 13.2. The molecule has 7 heteroatoms. The van der Waals surface area contributed by atoms with Crippen LogP contribution in [-0.4, -0.2) is 20.9 Å². The van der Waals surface area contributed by atoms with Gasteiger partial charge < -0.3 is 5.32 Å². The van der Waals surface area contributed by atoms with E-state index < -0.39 is 15.9 Å². The largest absolute Gasteiger partial charge is 0.348 e. The molecule has 0 heterocycles. The first-order valence-corrected chi connectivity index (χ1v) is 12.9. The van der Waals surface area contributed by atoms with Crippen molar-refractivity contribution < 1.29 is 13.2 Å². The van der Waals surface area contributed by atoms with E-state index in [1.54, 1.807) is 42.5 Å². The molecule has 3 aromatic carbocycles. The number of sulfonamides is 1. The van der Waals surface area contributed by atoms with Gasteiger partial charge in [0.25, 0.3) is 10.0 Å². The summed E-state index contributed by atoms with van der Waals surface area (Å²) in [5.74, 6) is -0.405. The minimum Gasteiger partial charge on any atom is -0.348 e. The van der Waals surface area contributed by atoms with Gasteiger partial charge in [-0.2, -0.15) is 0 Å². The highest BCUT2D eigenvalue weighted by molar-refractivity contribution is 7.92. The van der Waals surface area contributed by atoms with Crippen molar-refractivity contribution in [2.75, 3.05) is 10.8 Å². The Balaban J connectivity index is 1.94. The van der Waals surface area contributed by atoms with Gasteiger partial charge in [0, 0.05) is 5.02 Å². The lowest BCUT2D eigenvalue weighted by atomic mass is 9.96. The zero-order valence-electron chi connectivity index (χ0n) is 20.4. The molecule has 5 nitrogen and oxygen atoms in total. The maximum Gasteiger partial charge on any atom is 0.264 e. The molecule has 0 unspecified atom stereocenters. The molecular formula is C27H31ClN2O3S. The molecule has 0 spiro atoms. The first-order valence-electron chi connectivity index (χ1n) is 11.1. The molecule has 1 N–H and O–H groups in total. The number of carbonyl (C=O) groups is 1. The monoisotopic (exact) mass is 498 g/mol. The second-order valence-corrected chi connectivity index (χ2v) is 11.1. The molecule has 1 atom stereocenters. The fourth-order valence-electron chi connectivity index (χ4n) is 3.83. The first-order chi connectivity index (χ1) is 15.9. The zero-order valence-corrected chi connectivity index (χ0v) is 22.0. The number of carbonyl (C=O) groups excluding carboxylic acids is 1. The number of nitrogens with zero attached hydrogens (tertiary/aromatic N) is 1. The average molecular weight is 499 g/mol. The minimum atomic E-state index is -4.00. The summed E-state index contributed by atoms with van der Waals surface area (Å²) < 4.78 is 28.3. The summed E-state index contributed by atoms with van der Waals surface area (Å²) in [7, 11) is -4.00. The molecule has 34 heavy (non-hydrogen) atoms. The second kappa shape index (κ2) is 10.2. The third kappa shape index (κ3) is 5.62. The number of hydrogen-bond donors (Lipinski definition) is 1. The Morgan fingerprint density at radius 3 is 2.12 bits per heavy atom.